The van der Waals surface area contributed by atoms with Gasteiger partial charge in [-0.25, -0.2) is 0 Å². The maximum Gasteiger partial charge on any atom is 0.223 e. The minimum Gasteiger partial charge on any atom is -0.356 e. The van der Waals surface area contributed by atoms with E-state index in [-0.39, 0.29) is 11.8 Å². The summed E-state index contributed by atoms with van der Waals surface area (Å²) < 4.78 is 0. The Balaban J connectivity index is 2.21. The van der Waals surface area contributed by atoms with Gasteiger partial charge in [0, 0.05) is 24.1 Å². The number of alkyl halides is 1. The molecule has 1 heterocycles. The summed E-state index contributed by atoms with van der Waals surface area (Å²) in [5.41, 5.74) is 0. The van der Waals surface area contributed by atoms with Crippen molar-refractivity contribution in [2.45, 2.75) is 32.6 Å². The summed E-state index contributed by atoms with van der Waals surface area (Å²) in [4.78, 5) is 11.8. The Hall–Kier alpha value is 0.110. The van der Waals surface area contributed by atoms with Crippen molar-refractivity contribution >= 4 is 29.3 Å². The average molecular weight is 264 g/mol. The Morgan fingerprint density at radius 2 is 2.38 bits per heavy atom. The molecule has 1 fully saturated rings. The minimum absolute atomic E-state index is 0.251. The monoisotopic (exact) mass is 263 g/mol. The van der Waals surface area contributed by atoms with Gasteiger partial charge in [-0.1, -0.05) is 13.3 Å². The molecule has 0 aromatic heterocycles. The second kappa shape index (κ2) is 8.24. The topological polar surface area (TPSA) is 29.1 Å². The molecule has 1 saturated heterocycles. The largest absolute Gasteiger partial charge is 0.356 e. The van der Waals surface area contributed by atoms with E-state index in [1.807, 2.05) is 11.8 Å². The van der Waals surface area contributed by atoms with Gasteiger partial charge in [0.2, 0.25) is 5.91 Å². The van der Waals surface area contributed by atoms with Gasteiger partial charge in [0.05, 0.1) is 0 Å². The molecule has 2 atom stereocenters. The molecule has 0 aliphatic carbocycles. The van der Waals surface area contributed by atoms with Crippen molar-refractivity contribution in [2.75, 3.05) is 23.9 Å². The fraction of sp³-hybridized carbons (Fsp3) is 0.917. The zero-order valence-electron chi connectivity index (χ0n) is 10.0. The van der Waals surface area contributed by atoms with Crippen LogP contribution in [0.15, 0.2) is 0 Å². The average Bonchev–Trinajstić information content (AvgIpc) is 2.79. The molecule has 4 heteroatoms. The lowest BCUT2D eigenvalue weighted by atomic mass is 10.00. The molecule has 0 radical (unpaired) electrons. The van der Waals surface area contributed by atoms with E-state index in [9.17, 15) is 4.79 Å². The van der Waals surface area contributed by atoms with E-state index < -0.39 is 0 Å². The van der Waals surface area contributed by atoms with Crippen molar-refractivity contribution in [1.82, 2.24) is 5.32 Å². The van der Waals surface area contributed by atoms with Crippen LogP contribution in [0.1, 0.15) is 32.6 Å². The molecular weight excluding hydrogens is 242 g/mol. The number of hydrogen-bond acceptors (Lipinski definition) is 2. The van der Waals surface area contributed by atoms with Crippen molar-refractivity contribution in [3.05, 3.63) is 0 Å². The maximum absolute atomic E-state index is 11.8. The normalized spacial score (nSPS) is 22.0. The molecule has 0 aromatic carbocycles. The smallest absolute Gasteiger partial charge is 0.223 e. The van der Waals surface area contributed by atoms with Gasteiger partial charge in [-0.3, -0.25) is 4.79 Å². The highest BCUT2D eigenvalue weighted by atomic mass is 35.5. The maximum atomic E-state index is 11.8. The van der Waals surface area contributed by atoms with E-state index in [4.69, 9.17) is 11.6 Å². The van der Waals surface area contributed by atoms with Crippen molar-refractivity contribution < 1.29 is 4.79 Å². The number of hydrogen-bond donors (Lipinski definition) is 1. The summed E-state index contributed by atoms with van der Waals surface area (Å²) in [6.45, 7) is 2.98. The predicted octanol–water partition coefficient (Wildman–Crippen LogP) is 2.90. The van der Waals surface area contributed by atoms with Crippen LogP contribution < -0.4 is 5.32 Å². The summed E-state index contributed by atoms with van der Waals surface area (Å²) in [6.07, 6.45) is 4.38. The minimum atomic E-state index is 0.251. The third kappa shape index (κ3) is 4.96. The lowest BCUT2D eigenvalue weighted by Gasteiger charge is -2.17. The van der Waals surface area contributed by atoms with E-state index in [0.29, 0.717) is 11.8 Å². The first-order valence-electron chi connectivity index (χ1n) is 6.19. The summed E-state index contributed by atoms with van der Waals surface area (Å²) in [5, 5.41) is 3.08. The van der Waals surface area contributed by atoms with Gasteiger partial charge < -0.3 is 5.32 Å². The highest BCUT2D eigenvalue weighted by Crippen LogP contribution is 2.23. The quantitative estimate of drug-likeness (QED) is 0.716. The fourth-order valence-corrected chi connectivity index (χ4v) is 3.57. The van der Waals surface area contributed by atoms with Crippen LogP contribution in [-0.2, 0) is 4.79 Å². The molecule has 16 heavy (non-hydrogen) atoms. The van der Waals surface area contributed by atoms with Gasteiger partial charge in [0.25, 0.3) is 0 Å². The standard InChI is InChI=1S/C12H22ClNOS/c1-2-3-10(4-6-13)8-14-12(15)11-5-7-16-9-11/h10-11H,2-9H2,1H3,(H,14,15). The lowest BCUT2D eigenvalue weighted by Crippen LogP contribution is -2.34. The van der Waals surface area contributed by atoms with Crippen LogP contribution in [0.3, 0.4) is 0 Å². The molecule has 1 rings (SSSR count). The second-order valence-electron chi connectivity index (χ2n) is 4.44. The van der Waals surface area contributed by atoms with Crippen LogP contribution in [0.4, 0.5) is 0 Å². The van der Waals surface area contributed by atoms with Gasteiger partial charge >= 0.3 is 0 Å². The summed E-state index contributed by atoms with van der Waals surface area (Å²) >= 11 is 7.64. The van der Waals surface area contributed by atoms with Gasteiger partial charge in [-0.05, 0) is 30.9 Å². The van der Waals surface area contributed by atoms with Gasteiger partial charge in [0.1, 0.15) is 0 Å². The van der Waals surface area contributed by atoms with Crippen molar-refractivity contribution in [1.29, 1.82) is 0 Å². The van der Waals surface area contributed by atoms with E-state index in [1.165, 1.54) is 0 Å². The summed E-state index contributed by atoms with van der Waals surface area (Å²) in [5.74, 6) is 3.89. The third-order valence-corrected chi connectivity index (χ3v) is 4.46. The van der Waals surface area contributed by atoms with Crippen LogP contribution in [0.25, 0.3) is 0 Å². The number of halogens is 1. The highest BCUT2D eigenvalue weighted by Gasteiger charge is 2.23. The Morgan fingerprint density at radius 1 is 1.56 bits per heavy atom. The molecule has 2 unspecified atom stereocenters. The molecule has 1 aliphatic heterocycles. The fourth-order valence-electron chi connectivity index (χ4n) is 2.04. The number of nitrogens with one attached hydrogen (secondary N) is 1. The zero-order chi connectivity index (χ0) is 11.8. The molecule has 0 saturated carbocycles. The van der Waals surface area contributed by atoms with E-state index in [0.717, 1.165) is 43.7 Å². The Morgan fingerprint density at radius 3 is 2.94 bits per heavy atom. The SMILES string of the molecule is CCCC(CCCl)CNC(=O)C1CCSC1. The Kier molecular flexibility index (Phi) is 7.30. The van der Waals surface area contributed by atoms with E-state index in [2.05, 4.69) is 12.2 Å². The number of thioether (sulfide) groups is 1. The molecule has 1 aliphatic rings. The Bertz CT molecular complexity index is 201. The molecule has 0 spiro atoms. The summed E-state index contributed by atoms with van der Waals surface area (Å²) in [7, 11) is 0. The van der Waals surface area contributed by atoms with Crippen LogP contribution in [-0.4, -0.2) is 29.8 Å². The summed E-state index contributed by atoms with van der Waals surface area (Å²) in [6, 6.07) is 0. The Labute approximate surface area is 108 Å². The molecule has 0 bridgehead atoms. The van der Waals surface area contributed by atoms with E-state index in [1.54, 1.807) is 0 Å². The van der Waals surface area contributed by atoms with Gasteiger partial charge in [-0.15, -0.1) is 11.6 Å². The van der Waals surface area contributed by atoms with Crippen LogP contribution in [0, 0.1) is 11.8 Å². The van der Waals surface area contributed by atoms with Crippen molar-refractivity contribution in [3.63, 3.8) is 0 Å². The first kappa shape index (κ1) is 14.2. The lowest BCUT2D eigenvalue weighted by molar-refractivity contribution is -0.124. The molecule has 0 aromatic rings. The first-order valence-corrected chi connectivity index (χ1v) is 7.88. The number of carbonyl (C=O) groups excluding carboxylic acids is 1. The van der Waals surface area contributed by atoms with Crippen LogP contribution in [0.2, 0.25) is 0 Å². The van der Waals surface area contributed by atoms with Gasteiger partial charge in [-0.2, -0.15) is 11.8 Å². The van der Waals surface area contributed by atoms with E-state index >= 15 is 0 Å². The molecule has 1 amide bonds. The van der Waals surface area contributed by atoms with Crippen LogP contribution in [0.5, 0.6) is 0 Å². The number of carbonyl (C=O) groups is 1. The number of amides is 1. The highest BCUT2D eigenvalue weighted by molar-refractivity contribution is 7.99. The van der Waals surface area contributed by atoms with Crippen LogP contribution >= 0.6 is 23.4 Å². The molecule has 94 valence electrons. The molecule has 1 N–H and O–H groups in total. The second-order valence-corrected chi connectivity index (χ2v) is 5.97. The number of rotatable bonds is 7. The molecular formula is C12H22ClNOS. The van der Waals surface area contributed by atoms with Crippen molar-refractivity contribution in [2.24, 2.45) is 11.8 Å². The first-order chi connectivity index (χ1) is 7.77. The van der Waals surface area contributed by atoms with Gasteiger partial charge in [0.15, 0.2) is 0 Å². The third-order valence-electron chi connectivity index (χ3n) is 3.08. The predicted molar refractivity (Wildman–Crippen MR) is 72.2 cm³/mol. The molecule has 2 nitrogen and oxygen atoms in total. The zero-order valence-corrected chi connectivity index (χ0v) is 11.6. The van der Waals surface area contributed by atoms with Crippen molar-refractivity contribution in [3.8, 4) is 0 Å².